The number of amides is 2. The van der Waals surface area contributed by atoms with E-state index in [1.165, 1.54) is 0 Å². The number of carboxylic acids is 1. The van der Waals surface area contributed by atoms with Gasteiger partial charge in [-0.2, -0.15) is 0 Å². The lowest BCUT2D eigenvalue weighted by Crippen LogP contribution is -2.40. The molecule has 3 N–H and O–H groups in total. The van der Waals surface area contributed by atoms with Crippen LogP contribution in [0.2, 0.25) is 0 Å². The second kappa shape index (κ2) is 8.35. The summed E-state index contributed by atoms with van der Waals surface area (Å²) in [6, 6.07) is 3.44. The number of fused-ring (bicyclic) bond motifs is 1. The topological polar surface area (TPSA) is 135 Å². The first-order chi connectivity index (χ1) is 12.7. The highest BCUT2D eigenvalue weighted by Gasteiger charge is 2.15. The molecule has 9 nitrogen and oxygen atoms in total. The molecule has 2 aromatic rings. The fourth-order valence-corrected chi connectivity index (χ4v) is 2.41. The molecular formula is C18H20N2O7. The summed E-state index contributed by atoms with van der Waals surface area (Å²) in [5.74, 6) is -1.97. The molecule has 0 aliphatic carbocycles. The summed E-state index contributed by atoms with van der Waals surface area (Å²) in [4.78, 5) is 45.5. The molecule has 1 heterocycles. The Morgan fingerprint density at radius 3 is 2.37 bits per heavy atom. The van der Waals surface area contributed by atoms with Crippen LogP contribution in [0.5, 0.6) is 5.75 Å². The van der Waals surface area contributed by atoms with E-state index in [2.05, 4.69) is 10.6 Å². The summed E-state index contributed by atoms with van der Waals surface area (Å²) in [7, 11) is 0. The molecule has 0 aliphatic rings. The van der Waals surface area contributed by atoms with Crippen LogP contribution in [0.1, 0.15) is 16.7 Å². The molecular weight excluding hydrogens is 356 g/mol. The third-order valence-electron chi connectivity index (χ3n) is 3.90. The standard InChI is InChI=1S/C18H20N2O7/c1-9-4-12(17-10(2)11(3)18(25)27-13(17)5-9)26-8-15(22)19-6-14(21)20-7-16(23)24/h4-5H,6-8H2,1-3H3,(H,19,22)(H,20,21)(H,23,24). The summed E-state index contributed by atoms with van der Waals surface area (Å²) >= 11 is 0. The molecule has 2 amide bonds. The first-order valence-corrected chi connectivity index (χ1v) is 8.11. The van der Waals surface area contributed by atoms with Crippen molar-refractivity contribution in [2.75, 3.05) is 19.7 Å². The molecule has 0 bridgehead atoms. The number of aliphatic carboxylic acids is 1. The SMILES string of the molecule is Cc1cc(OCC(=O)NCC(=O)NCC(=O)O)c2c(C)c(C)c(=O)oc2c1. The Morgan fingerprint density at radius 1 is 1.04 bits per heavy atom. The van der Waals surface area contributed by atoms with Gasteiger partial charge in [0.2, 0.25) is 5.91 Å². The Hall–Kier alpha value is -3.36. The van der Waals surface area contributed by atoms with Gasteiger partial charge in [0.1, 0.15) is 17.9 Å². The average molecular weight is 376 g/mol. The predicted molar refractivity (Wildman–Crippen MR) is 95.8 cm³/mol. The first-order valence-electron chi connectivity index (χ1n) is 8.11. The molecule has 27 heavy (non-hydrogen) atoms. The summed E-state index contributed by atoms with van der Waals surface area (Å²) in [5.41, 5.74) is 1.88. The van der Waals surface area contributed by atoms with Crippen molar-refractivity contribution in [2.24, 2.45) is 0 Å². The minimum atomic E-state index is -1.18. The van der Waals surface area contributed by atoms with E-state index >= 15 is 0 Å². The third-order valence-corrected chi connectivity index (χ3v) is 3.90. The van der Waals surface area contributed by atoms with Crippen LogP contribution in [0, 0.1) is 20.8 Å². The van der Waals surface area contributed by atoms with Crippen LogP contribution in [0.15, 0.2) is 21.3 Å². The van der Waals surface area contributed by atoms with Gasteiger partial charge in [-0.15, -0.1) is 0 Å². The molecule has 0 fully saturated rings. The van der Waals surface area contributed by atoms with Crippen molar-refractivity contribution >= 4 is 28.8 Å². The van der Waals surface area contributed by atoms with Crippen LogP contribution in [0.3, 0.4) is 0 Å². The Kier molecular flexibility index (Phi) is 6.17. The summed E-state index contributed by atoms with van der Waals surface area (Å²) < 4.78 is 10.9. The van der Waals surface area contributed by atoms with Crippen LogP contribution in [0.4, 0.5) is 0 Å². The van der Waals surface area contributed by atoms with Gasteiger partial charge in [0, 0.05) is 5.56 Å². The number of rotatable bonds is 7. The molecule has 0 unspecified atom stereocenters. The van der Waals surface area contributed by atoms with Gasteiger partial charge in [-0.3, -0.25) is 14.4 Å². The van der Waals surface area contributed by atoms with Crippen molar-refractivity contribution in [1.29, 1.82) is 0 Å². The highest BCUT2D eigenvalue weighted by Crippen LogP contribution is 2.30. The number of nitrogens with one attached hydrogen (secondary N) is 2. The van der Waals surface area contributed by atoms with Gasteiger partial charge in [0.25, 0.3) is 5.91 Å². The lowest BCUT2D eigenvalue weighted by molar-refractivity contribution is -0.137. The van der Waals surface area contributed by atoms with Crippen molar-refractivity contribution in [1.82, 2.24) is 10.6 Å². The van der Waals surface area contributed by atoms with Crippen molar-refractivity contribution in [3.8, 4) is 5.75 Å². The van der Waals surface area contributed by atoms with Crippen LogP contribution in [-0.2, 0) is 14.4 Å². The van der Waals surface area contributed by atoms with Gasteiger partial charge < -0.3 is 24.9 Å². The summed E-state index contributed by atoms with van der Waals surface area (Å²) in [6.07, 6.45) is 0. The largest absolute Gasteiger partial charge is 0.483 e. The van der Waals surface area contributed by atoms with Gasteiger partial charge in [0.05, 0.1) is 11.9 Å². The Balaban J connectivity index is 2.07. The molecule has 0 radical (unpaired) electrons. The van der Waals surface area contributed by atoms with Crippen molar-refractivity contribution in [3.05, 3.63) is 39.2 Å². The van der Waals surface area contributed by atoms with E-state index in [0.717, 1.165) is 5.56 Å². The Morgan fingerprint density at radius 2 is 1.70 bits per heavy atom. The van der Waals surface area contributed by atoms with Crippen molar-refractivity contribution < 1.29 is 28.6 Å². The number of ether oxygens (including phenoxy) is 1. The molecule has 144 valence electrons. The number of hydrogen-bond donors (Lipinski definition) is 3. The van der Waals surface area contributed by atoms with E-state index in [9.17, 15) is 19.2 Å². The highest BCUT2D eigenvalue weighted by molar-refractivity contribution is 5.89. The monoisotopic (exact) mass is 376 g/mol. The zero-order chi connectivity index (χ0) is 20.1. The smallest absolute Gasteiger partial charge is 0.339 e. The number of carbonyl (C=O) groups is 3. The zero-order valence-corrected chi connectivity index (χ0v) is 15.2. The maximum atomic E-state index is 11.9. The minimum absolute atomic E-state index is 0.359. The van der Waals surface area contributed by atoms with Gasteiger partial charge >= 0.3 is 11.6 Å². The van der Waals surface area contributed by atoms with Crippen LogP contribution >= 0.6 is 0 Å². The average Bonchev–Trinajstić information content (AvgIpc) is 2.60. The van der Waals surface area contributed by atoms with Crippen LogP contribution in [0.25, 0.3) is 11.0 Å². The predicted octanol–water partition coefficient (Wildman–Crippen LogP) is 0.414. The van der Waals surface area contributed by atoms with Crippen molar-refractivity contribution in [2.45, 2.75) is 20.8 Å². The Bertz CT molecular complexity index is 962. The van der Waals surface area contributed by atoms with E-state index < -0.39 is 30.0 Å². The maximum Gasteiger partial charge on any atom is 0.339 e. The first kappa shape index (κ1) is 20.0. The normalized spacial score (nSPS) is 10.5. The van der Waals surface area contributed by atoms with E-state index in [4.69, 9.17) is 14.3 Å². The fraction of sp³-hybridized carbons (Fsp3) is 0.333. The van der Waals surface area contributed by atoms with Gasteiger partial charge in [-0.1, -0.05) is 0 Å². The quantitative estimate of drug-likeness (QED) is 0.596. The zero-order valence-electron chi connectivity index (χ0n) is 15.2. The lowest BCUT2D eigenvalue weighted by Gasteiger charge is -2.13. The minimum Gasteiger partial charge on any atom is -0.483 e. The number of benzene rings is 1. The fourth-order valence-electron chi connectivity index (χ4n) is 2.41. The second-order valence-electron chi connectivity index (χ2n) is 6.01. The molecule has 0 spiro atoms. The molecule has 1 aromatic heterocycles. The lowest BCUT2D eigenvalue weighted by atomic mass is 10.0. The highest BCUT2D eigenvalue weighted by atomic mass is 16.5. The second-order valence-corrected chi connectivity index (χ2v) is 6.01. The number of aryl methyl sites for hydroxylation is 2. The maximum absolute atomic E-state index is 11.9. The van der Waals surface area contributed by atoms with Gasteiger partial charge in [0.15, 0.2) is 6.61 Å². The third kappa shape index (κ3) is 5.06. The molecule has 1 aromatic carbocycles. The molecule has 0 saturated carbocycles. The number of carbonyl (C=O) groups excluding carboxylic acids is 2. The molecule has 0 saturated heterocycles. The molecule has 2 rings (SSSR count). The summed E-state index contributed by atoms with van der Waals surface area (Å²) in [6.45, 7) is 3.97. The van der Waals surface area contributed by atoms with Crippen LogP contribution < -0.4 is 21.0 Å². The van der Waals surface area contributed by atoms with Crippen molar-refractivity contribution in [3.63, 3.8) is 0 Å². The molecule has 0 aliphatic heterocycles. The number of hydrogen-bond acceptors (Lipinski definition) is 6. The molecule has 9 heteroatoms. The molecule has 0 atom stereocenters. The number of carboxylic acid groups (broad SMARTS) is 1. The van der Waals surface area contributed by atoms with Gasteiger partial charge in [-0.05, 0) is 44.0 Å². The van der Waals surface area contributed by atoms with Crippen LogP contribution in [-0.4, -0.2) is 42.6 Å². The van der Waals surface area contributed by atoms with E-state index in [-0.39, 0.29) is 13.2 Å². The Labute approximate surface area is 154 Å². The van der Waals surface area contributed by atoms with E-state index in [1.807, 2.05) is 0 Å². The summed E-state index contributed by atoms with van der Waals surface area (Å²) in [5, 5.41) is 13.5. The van der Waals surface area contributed by atoms with Gasteiger partial charge in [-0.25, -0.2) is 4.79 Å². The van der Waals surface area contributed by atoms with E-state index in [0.29, 0.717) is 27.8 Å². The van der Waals surface area contributed by atoms with E-state index in [1.54, 1.807) is 32.9 Å².